The summed E-state index contributed by atoms with van der Waals surface area (Å²) in [4.78, 5) is 15.8. The first-order chi connectivity index (χ1) is 10.0. The fourth-order valence-electron chi connectivity index (χ4n) is 1.79. The molecule has 0 radical (unpaired) electrons. The van der Waals surface area contributed by atoms with Gasteiger partial charge in [-0.05, 0) is 43.7 Å². The Morgan fingerprint density at radius 3 is 2.62 bits per heavy atom. The van der Waals surface area contributed by atoms with Crippen LogP contribution in [0.5, 0.6) is 5.75 Å². The predicted octanol–water partition coefficient (Wildman–Crippen LogP) is 3.45. The van der Waals surface area contributed by atoms with Crippen molar-refractivity contribution in [1.82, 2.24) is 10.3 Å². The number of carbonyl (C=O) groups excluding carboxylic acids is 1. The summed E-state index contributed by atoms with van der Waals surface area (Å²) in [5, 5.41) is 3.14. The number of halogens is 1. The maximum absolute atomic E-state index is 12.0. The first kappa shape index (κ1) is 15.3. The first-order valence-electron chi connectivity index (χ1n) is 6.70. The van der Waals surface area contributed by atoms with E-state index in [2.05, 4.69) is 10.3 Å². The zero-order valence-electron chi connectivity index (χ0n) is 12.0. The molecule has 21 heavy (non-hydrogen) atoms. The fourth-order valence-corrected chi connectivity index (χ4v) is 1.96. The van der Waals surface area contributed by atoms with E-state index in [1.165, 1.54) is 12.3 Å². The summed E-state index contributed by atoms with van der Waals surface area (Å²) in [6, 6.07) is 10.8. The second kappa shape index (κ2) is 7.09. The molecule has 0 saturated carbocycles. The van der Waals surface area contributed by atoms with Crippen LogP contribution in [0.3, 0.4) is 0 Å². The maximum Gasteiger partial charge on any atom is 0.251 e. The Labute approximate surface area is 129 Å². The van der Waals surface area contributed by atoms with E-state index in [1.54, 1.807) is 6.07 Å². The number of nitrogens with zero attached hydrogens (tertiary/aromatic N) is 1. The summed E-state index contributed by atoms with van der Waals surface area (Å²) in [6.45, 7) is 4.41. The number of nitrogens with one attached hydrogen (secondary N) is 1. The molecule has 1 heterocycles. The van der Waals surface area contributed by atoms with Crippen LogP contribution in [0.4, 0.5) is 0 Å². The molecule has 0 unspecified atom stereocenters. The van der Waals surface area contributed by atoms with Crippen LogP contribution in [0.15, 0.2) is 42.6 Å². The van der Waals surface area contributed by atoms with E-state index < -0.39 is 0 Å². The molecule has 2 rings (SSSR count). The molecule has 1 aromatic carbocycles. The highest BCUT2D eigenvalue weighted by molar-refractivity contribution is 6.29. The van der Waals surface area contributed by atoms with Crippen molar-refractivity contribution in [2.75, 3.05) is 0 Å². The largest absolute Gasteiger partial charge is 0.491 e. The van der Waals surface area contributed by atoms with Crippen LogP contribution in [0.25, 0.3) is 0 Å². The molecule has 0 fully saturated rings. The number of carbonyl (C=O) groups is 1. The molecular weight excluding hydrogens is 288 g/mol. The third-order valence-electron chi connectivity index (χ3n) is 2.74. The summed E-state index contributed by atoms with van der Waals surface area (Å²) in [7, 11) is 0. The maximum atomic E-state index is 12.0. The van der Waals surface area contributed by atoms with E-state index in [9.17, 15) is 4.79 Å². The molecular formula is C16H17ClN2O2. The van der Waals surface area contributed by atoms with E-state index >= 15 is 0 Å². The van der Waals surface area contributed by atoms with Crippen LogP contribution in [0.1, 0.15) is 29.8 Å². The molecule has 1 amide bonds. The van der Waals surface area contributed by atoms with Crippen LogP contribution in [-0.2, 0) is 6.54 Å². The van der Waals surface area contributed by atoms with Gasteiger partial charge in [0.2, 0.25) is 0 Å². The lowest BCUT2D eigenvalue weighted by molar-refractivity contribution is 0.0951. The van der Waals surface area contributed by atoms with Gasteiger partial charge in [-0.25, -0.2) is 4.98 Å². The monoisotopic (exact) mass is 304 g/mol. The van der Waals surface area contributed by atoms with Gasteiger partial charge in [-0.15, -0.1) is 0 Å². The van der Waals surface area contributed by atoms with Crippen LogP contribution < -0.4 is 10.1 Å². The molecule has 0 aliphatic rings. The van der Waals surface area contributed by atoms with Crippen molar-refractivity contribution in [3.8, 4) is 5.75 Å². The molecule has 0 aliphatic heterocycles. The molecule has 110 valence electrons. The number of aromatic nitrogens is 1. The minimum Gasteiger partial charge on any atom is -0.491 e. The normalized spacial score (nSPS) is 10.5. The zero-order valence-corrected chi connectivity index (χ0v) is 12.7. The van der Waals surface area contributed by atoms with Crippen molar-refractivity contribution < 1.29 is 9.53 Å². The summed E-state index contributed by atoms with van der Waals surface area (Å²) in [5.74, 6) is 0.641. The lowest BCUT2D eigenvalue weighted by Crippen LogP contribution is -2.22. The highest BCUT2D eigenvalue weighted by Crippen LogP contribution is 2.14. The summed E-state index contributed by atoms with van der Waals surface area (Å²) in [5.41, 5.74) is 1.49. The first-order valence-corrected chi connectivity index (χ1v) is 7.08. The van der Waals surface area contributed by atoms with Gasteiger partial charge in [-0.1, -0.05) is 23.7 Å². The third-order valence-corrected chi connectivity index (χ3v) is 2.94. The van der Waals surface area contributed by atoms with Crippen molar-refractivity contribution in [1.29, 1.82) is 0 Å². The molecule has 0 spiro atoms. The quantitative estimate of drug-likeness (QED) is 0.861. The van der Waals surface area contributed by atoms with E-state index in [1.807, 2.05) is 38.1 Å². The third kappa shape index (κ3) is 4.76. The van der Waals surface area contributed by atoms with Crippen LogP contribution in [0, 0.1) is 0 Å². The van der Waals surface area contributed by atoms with Gasteiger partial charge in [0.25, 0.3) is 5.91 Å². The number of pyridine rings is 1. The number of rotatable bonds is 5. The van der Waals surface area contributed by atoms with E-state index in [0.29, 0.717) is 17.3 Å². The summed E-state index contributed by atoms with van der Waals surface area (Å²) < 4.78 is 5.57. The Morgan fingerprint density at radius 1 is 1.29 bits per heavy atom. The Kier molecular flexibility index (Phi) is 5.17. The Hall–Kier alpha value is -2.07. The Morgan fingerprint density at radius 2 is 2.00 bits per heavy atom. The molecule has 0 saturated heterocycles. The fraction of sp³-hybridized carbons (Fsp3) is 0.250. The van der Waals surface area contributed by atoms with Crippen molar-refractivity contribution in [3.05, 3.63) is 58.9 Å². The number of hydrogen-bond acceptors (Lipinski definition) is 3. The van der Waals surface area contributed by atoms with Gasteiger partial charge in [0.15, 0.2) is 0 Å². The van der Waals surface area contributed by atoms with Gasteiger partial charge in [-0.3, -0.25) is 4.79 Å². The molecule has 1 N–H and O–H groups in total. The standard InChI is InChI=1S/C16H17ClN2O2/c1-11(2)21-14-5-3-12(4-6-14)10-19-16(20)13-7-8-18-15(17)9-13/h3-9,11H,10H2,1-2H3,(H,19,20). The van der Waals surface area contributed by atoms with Gasteiger partial charge in [0.1, 0.15) is 10.9 Å². The molecule has 0 aliphatic carbocycles. The molecule has 0 atom stereocenters. The van der Waals surface area contributed by atoms with Gasteiger partial charge < -0.3 is 10.1 Å². The van der Waals surface area contributed by atoms with Gasteiger partial charge in [0.05, 0.1) is 6.10 Å². The average molecular weight is 305 g/mol. The summed E-state index contributed by atoms with van der Waals surface area (Å²) in [6.07, 6.45) is 1.65. The predicted molar refractivity (Wildman–Crippen MR) is 82.6 cm³/mol. The Balaban J connectivity index is 1.92. The smallest absolute Gasteiger partial charge is 0.251 e. The number of hydrogen-bond donors (Lipinski definition) is 1. The van der Waals surface area contributed by atoms with Crippen molar-refractivity contribution in [3.63, 3.8) is 0 Å². The molecule has 2 aromatic rings. The van der Waals surface area contributed by atoms with Gasteiger partial charge in [0, 0.05) is 18.3 Å². The SMILES string of the molecule is CC(C)Oc1ccc(CNC(=O)c2ccnc(Cl)c2)cc1. The number of ether oxygens (including phenoxy) is 1. The van der Waals surface area contributed by atoms with E-state index in [0.717, 1.165) is 11.3 Å². The van der Waals surface area contributed by atoms with E-state index in [4.69, 9.17) is 16.3 Å². The van der Waals surface area contributed by atoms with Gasteiger partial charge >= 0.3 is 0 Å². The minimum atomic E-state index is -0.179. The van der Waals surface area contributed by atoms with E-state index in [-0.39, 0.29) is 12.0 Å². The summed E-state index contributed by atoms with van der Waals surface area (Å²) >= 11 is 5.76. The van der Waals surface area contributed by atoms with Crippen molar-refractivity contribution in [2.45, 2.75) is 26.5 Å². The second-order valence-corrected chi connectivity index (χ2v) is 5.25. The van der Waals surface area contributed by atoms with Crippen molar-refractivity contribution >= 4 is 17.5 Å². The molecule has 1 aromatic heterocycles. The number of benzene rings is 1. The van der Waals surface area contributed by atoms with Crippen molar-refractivity contribution in [2.24, 2.45) is 0 Å². The number of amides is 1. The lowest BCUT2D eigenvalue weighted by atomic mass is 10.2. The zero-order chi connectivity index (χ0) is 15.2. The molecule has 5 heteroatoms. The Bertz CT molecular complexity index is 612. The highest BCUT2D eigenvalue weighted by Gasteiger charge is 2.06. The van der Waals surface area contributed by atoms with Crippen LogP contribution in [-0.4, -0.2) is 17.0 Å². The van der Waals surface area contributed by atoms with Gasteiger partial charge in [-0.2, -0.15) is 0 Å². The van der Waals surface area contributed by atoms with Crippen LogP contribution >= 0.6 is 11.6 Å². The molecule has 0 bridgehead atoms. The van der Waals surface area contributed by atoms with Crippen LogP contribution in [0.2, 0.25) is 5.15 Å². The second-order valence-electron chi connectivity index (χ2n) is 4.86. The highest BCUT2D eigenvalue weighted by atomic mass is 35.5. The average Bonchev–Trinajstić information content (AvgIpc) is 2.45. The topological polar surface area (TPSA) is 51.2 Å². The minimum absolute atomic E-state index is 0.145. The lowest BCUT2D eigenvalue weighted by Gasteiger charge is -2.10. The molecule has 4 nitrogen and oxygen atoms in total.